The molecular weight excluding hydrogens is 321 g/mol. The summed E-state index contributed by atoms with van der Waals surface area (Å²) in [6, 6.07) is 10.1. The molecule has 1 heterocycles. The van der Waals surface area contributed by atoms with Crippen LogP contribution in [0.25, 0.3) is 0 Å². The van der Waals surface area contributed by atoms with Crippen molar-refractivity contribution in [3.05, 3.63) is 47.8 Å². The number of aliphatic imine (C=N–C) groups is 1. The van der Waals surface area contributed by atoms with E-state index in [-0.39, 0.29) is 17.2 Å². The number of carbonyl (C=O) groups excluding carboxylic acids is 1. The van der Waals surface area contributed by atoms with E-state index in [2.05, 4.69) is 15.3 Å². The van der Waals surface area contributed by atoms with Gasteiger partial charge in [0.25, 0.3) is 5.91 Å². The van der Waals surface area contributed by atoms with Crippen LogP contribution in [0.5, 0.6) is 0 Å². The molecule has 0 saturated heterocycles. The number of nitrogens with zero attached hydrogens (tertiary/aromatic N) is 2. The predicted octanol–water partition coefficient (Wildman–Crippen LogP) is 3.73. The molecule has 2 aromatic rings. The molecule has 7 heteroatoms. The van der Waals surface area contributed by atoms with Crippen molar-refractivity contribution in [3.63, 3.8) is 0 Å². The standard InChI is InChI=1S/C18H18FN5O/c19-13-10-12(16(21)25)17(22-11-6-2-1-3-7-11)24-18(13)23-15-9-5-4-8-14(15)20/h1-3,6-7,10,20H,4-5,8-9H2,(H2,21,25)(H,22,24). The zero-order chi connectivity index (χ0) is 17.8. The first-order valence-corrected chi connectivity index (χ1v) is 8.02. The summed E-state index contributed by atoms with van der Waals surface area (Å²) in [5, 5.41) is 10.9. The Bertz CT molecular complexity index is 848. The number of para-hydroxylation sites is 1. The maximum absolute atomic E-state index is 14.3. The fourth-order valence-corrected chi connectivity index (χ4v) is 2.64. The first-order chi connectivity index (χ1) is 12.0. The van der Waals surface area contributed by atoms with Gasteiger partial charge in [-0.3, -0.25) is 4.79 Å². The number of carbonyl (C=O) groups is 1. The number of nitrogens with one attached hydrogen (secondary N) is 2. The summed E-state index contributed by atoms with van der Waals surface area (Å²) in [6.07, 6.45) is 3.11. The highest BCUT2D eigenvalue weighted by Gasteiger charge is 2.18. The number of anilines is 2. The molecule has 1 fully saturated rings. The van der Waals surface area contributed by atoms with Crippen molar-refractivity contribution in [1.29, 1.82) is 5.41 Å². The van der Waals surface area contributed by atoms with E-state index in [4.69, 9.17) is 11.1 Å². The van der Waals surface area contributed by atoms with E-state index >= 15 is 0 Å². The van der Waals surface area contributed by atoms with Crippen LogP contribution in [0.4, 0.5) is 21.7 Å². The third kappa shape index (κ3) is 3.88. The SMILES string of the molecule is N=C1CCCCC1=Nc1nc(Nc2ccccc2)c(C(N)=O)cc1F. The van der Waals surface area contributed by atoms with Gasteiger partial charge in [-0.2, -0.15) is 0 Å². The Balaban J connectivity index is 2.02. The fraction of sp³-hybridized carbons (Fsp3) is 0.222. The Labute approximate surface area is 144 Å². The van der Waals surface area contributed by atoms with Gasteiger partial charge < -0.3 is 16.5 Å². The second-order valence-electron chi connectivity index (χ2n) is 5.79. The summed E-state index contributed by atoms with van der Waals surface area (Å²) in [5.74, 6) is -1.53. The molecule has 1 saturated carbocycles. The Morgan fingerprint density at radius 2 is 1.96 bits per heavy atom. The van der Waals surface area contributed by atoms with Crippen LogP contribution in [0.3, 0.4) is 0 Å². The second-order valence-corrected chi connectivity index (χ2v) is 5.79. The third-order valence-corrected chi connectivity index (χ3v) is 3.94. The molecule has 1 amide bonds. The minimum absolute atomic E-state index is 0.0518. The largest absolute Gasteiger partial charge is 0.365 e. The van der Waals surface area contributed by atoms with Crippen LogP contribution in [-0.4, -0.2) is 22.3 Å². The van der Waals surface area contributed by atoms with E-state index in [1.165, 1.54) is 0 Å². The van der Waals surface area contributed by atoms with E-state index < -0.39 is 11.7 Å². The fourth-order valence-electron chi connectivity index (χ4n) is 2.64. The molecule has 6 nitrogen and oxygen atoms in total. The maximum atomic E-state index is 14.3. The summed E-state index contributed by atoms with van der Waals surface area (Å²) in [6.45, 7) is 0. The number of halogens is 1. The lowest BCUT2D eigenvalue weighted by Gasteiger charge is -2.15. The smallest absolute Gasteiger partial charge is 0.252 e. The highest BCUT2D eigenvalue weighted by Crippen LogP contribution is 2.26. The number of primary amides is 1. The van der Waals surface area contributed by atoms with Crippen LogP contribution in [0, 0.1) is 11.2 Å². The lowest BCUT2D eigenvalue weighted by Crippen LogP contribution is -2.18. The van der Waals surface area contributed by atoms with Crippen LogP contribution in [0.1, 0.15) is 36.0 Å². The van der Waals surface area contributed by atoms with Crippen molar-refractivity contribution in [3.8, 4) is 0 Å². The van der Waals surface area contributed by atoms with Gasteiger partial charge in [0.1, 0.15) is 5.82 Å². The lowest BCUT2D eigenvalue weighted by molar-refractivity contribution is 0.100. The van der Waals surface area contributed by atoms with Gasteiger partial charge in [-0.1, -0.05) is 18.2 Å². The van der Waals surface area contributed by atoms with Gasteiger partial charge in [0.15, 0.2) is 11.6 Å². The second kappa shape index (κ2) is 7.21. The van der Waals surface area contributed by atoms with Crippen molar-refractivity contribution < 1.29 is 9.18 Å². The van der Waals surface area contributed by atoms with Crippen molar-refractivity contribution in [1.82, 2.24) is 4.98 Å². The highest BCUT2D eigenvalue weighted by atomic mass is 19.1. The molecule has 3 rings (SSSR count). The van der Waals surface area contributed by atoms with Gasteiger partial charge in [0, 0.05) is 5.69 Å². The molecule has 1 aromatic heterocycles. The van der Waals surface area contributed by atoms with E-state index in [9.17, 15) is 9.18 Å². The number of rotatable bonds is 4. The quantitative estimate of drug-likeness (QED) is 0.790. The number of nitrogens with two attached hydrogens (primary N) is 1. The molecule has 1 aromatic carbocycles. The summed E-state index contributed by atoms with van der Waals surface area (Å²) < 4.78 is 14.3. The van der Waals surface area contributed by atoms with Crippen LogP contribution < -0.4 is 11.1 Å². The summed E-state index contributed by atoms with van der Waals surface area (Å²) in [4.78, 5) is 20.0. The molecule has 0 aliphatic heterocycles. The lowest BCUT2D eigenvalue weighted by atomic mass is 9.96. The highest BCUT2D eigenvalue weighted by molar-refractivity contribution is 6.42. The van der Waals surface area contributed by atoms with Crippen molar-refractivity contribution in [2.45, 2.75) is 25.7 Å². The normalized spacial score (nSPS) is 16.0. The Hall–Kier alpha value is -3.09. The summed E-state index contributed by atoms with van der Waals surface area (Å²) in [7, 11) is 0. The van der Waals surface area contributed by atoms with E-state index in [1.807, 2.05) is 18.2 Å². The van der Waals surface area contributed by atoms with Gasteiger partial charge in [0.05, 0.1) is 17.0 Å². The van der Waals surface area contributed by atoms with Crippen LogP contribution >= 0.6 is 0 Å². The molecule has 25 heavy (non-hydrogen) atoms. The molecule has 0 spiro atoms. The van der Waals surface area contributed by atoms with Crippen LogP contribution in [0.2, 0.25) is 0 Å². The number of hydrogen-bond donors (Lipinski definition) is 3. The van der Waals surface area contributed by atoms with Crippen molar-refractivity contribution in [2.75, 3.05) is 5.32 Å². The average molecular weight is 339 g/mol. The molecular formula is C18H18FN5O. The number of aromatic nitrogens is 1. The minimum Gasteiger partial charge on any atom is -0.365 e. The zero-order valence-corrected chi connectivity index (χ0v) is 13.6. The third-order valence-electron chi connectivity index (χ3n) is 3.94. The van der Waals surface area contributed by atoms with Gasteiger partial charge in [-0.05, 0) is 43.9 Å². The van der Waals surface area contributed by atoms with E-state index in [1.54, 1.807) is 12.1 Å². The van der Waals surface area contributed by atoms with Crippen molar-refractivity contribution in [2.24, 2.45) is 10.7 Å². The molecule has 4 N–H and O–H groups in total. The first kappa shape index (κ1) is 16.8. The van der Waals surface area contributed by atoms with Crippen molar-refractivity contribution >= 4 is 34.7 Å². The predicted molar refractivity (Wildman–Crippen MR) is 95.7 cm³/mol. The number of benzene rings is 1. The Morgan fingerprint density at radius 1 is 1.24 bits per heavy atom. The van der Waals surface area contributed by atoms with Crippen LogP contribution in [0.15, 0.2) is 41.4 Å². The number of hydrogen-bond acceptors (Lipinski definition) is 5. The summed E-state index contributed by atoms with van der Waals surface area (Å²) >= 11 is 0. The van der Waals surface area contributed by atoms with Gasteiger partial charge in [0.2, 0.25) is 0 Å². The number of pyridine rings is 1. The van der Waals surface area contributed by atoms with Crippen LogP contribution in [-0.2, 0) is 0 Å². The van der Waals surface area contributed by atoms with Gasteiger partial charge in [-0.15, -0.1) is 0 Å². The Morgan fingerprint density at radius 3 is 2.64 bits per heavy atom. The first-order valence-electron chi connectivity index (χ1n) is 8.02. The topological polar surface area (TPSA) is 104 Å². The van der Waals surface area contributed by atoms with E-state index in [0.717, 1.165) is 18.9 Å². The molecule has 1 aliphatic rings. The molecule has 0 bridgehead atoms. The zero-order valence-electron chi connectivity index (χ0n) is 13.6. The summed E-state index contributed by atoms with van der Waals surface area (Å²) in [5.41, 5.74) is 6.92. The van der Waals surface area contributed by atoms with Gasteiger partial charge in [-0.25, -0.2) is 14.4 Å². The average Bonchev–Trinajstić information content (AvgIpc) is 2.60. The molecule has 0 unspecified atom stereocenters. The molecule has 0 atom stereocenters. The monoisotopic (exact) mass is 339 g/mol. The molecule has 1 aliphatic carbocycles. The van der Waals surface area contributed by atoms with E-state index in [0.29, 0.717) is 30.0 Å². The van der Waals surface area contributed by atoms with Gasteiger partial charge >= 0.3 is 0 Å². The number of amides is 1. The maximum Gasteiger partial charge on any atom is 0.252 e. The minimum atomic E-state index is -0.783. The Kier molecular flexibility index (Phi) is 4.83. The molecule has 0 radical (unpaired) electrons. The molecule has 128 valence electrons.